The molecule has 294 valence electrons. The predicted molar refractivity (Wildman–Crippen MR) is 197 cm³/mol. The van der Waals surface area contributed by atoms with Crippen molar-refractivity contribution in [1.29, 1.82) is 0 Å². The molecule has 4 aromatic carbocycles. The van der Waals surface area contributed by atoms with Gasteiger partial charge in [0.2, 0.25) is 0 Å². The summed E-state index contributed by atoms with van der Waals surface area (Å²) in [6.45, 7) is -1.14. The Labute approximate surface area is 318 Å². The van der Waals surface area contributed by atoms with Crippen LogP contribution in [0.2, 0.25) is 0 Å². The van der Waals surface area contributed by atoms with Crippen molar-refractivity contribution in [3.63, 3.8) is 0 Å². The van der Waals surface area contributed by atoms with Crippen LogP contribution in [0.1, 0.15) is 36.6 Å². The van der Waals surface area contributed by atoms with Gasteiger partial charge in [-0.2, -0.15) is 0 Å². The van der Waals surface area contributed by atoms with Crippen molar-refractivity contribution < 1.29 is 71.2 Å². The van der Waals surface area contributed by atoms with Crippen LogP contribution in [-0.2, 0) is 25.6 Å². The normalized spacial score (nSPS) is 11.6. The number of methoxy groups -OCH3 is 8. The minimum atomic E-state index is -1.37. The summed E-state index contributed by atoms with van der Waals surface area (Å²) in [5.41, 5.74) is 0.814. The Morgan fingerprint density at radius 3 is 1.36 bits per heavy atom. The summed E-state index contributed by atoms with van der Waals surface area (Å²) in [6.07, 6.45) is -2.60. The molecule has 0 fully saturated rings. The average Bonchev–Trinajstić information content (AvgIpc) is 3.23. The van der Waals surface area contributed by atoms with Gasteiger partial charge in [-0.25, -0.2) is 14.4 Å². The summed E-state index contributed by atoms with van der Waals surface area (Å²) in [5, 5.41) is 0. The van der Waals surface area contributed by atoms with E-state index in [1.807, 2.05) is 0 Å². The maximum Gasteiger partial charge on any atom is 0.342 e. The number of carbonyl (C=O) groups is 3. The van der Waals surface area contributed by atoms with Crippen LogP contribution in [0.15, 0.2) is 72.8 Å². The van der Waals surface area contributed by atoms with Crippen molar-refractivity contribution in [1.82, 2.24) is 0 Å². The Balaban J connectivity index is 1.72. The molecule has 0 radical (unpaired) electrons. The highest BCUT2D eigenvalue weighted by atomic mass is 16.6. The molecule has 15 nitrogen and oxygen atoms in total. The first-order valence-corrected chi connectivity index (χ1v) is 16.6. The lowest BCUT2D eigenvalue weighted by Crippen LogP contribution is -2.41. The number of hydrogen-bond acceptors (Lipinski definition) is 15. The summed E-state index contributed by atoms with van der Waals surface area (Å²) in [6, 6.07) is 18.7. The molecule has 0 aromatic heterocycles. The third-order valence-corrected chi connectivity index (χ3v) is 8.11. The molecule has 0 aliphatic rings. The van der Waals surface area contributed by atoms with Gasteiger partial charge in [-0.05, 0) is 60.2 Å². The number of ether oxygens (including phenoxy) is 12. The zero-order chi connectivity index (χ0) is 39.9. The highest BCUT2D eigenvalue weighted by molar-refractivity contribution is 5.93. The van der Waals surface area contributed by atoms with Gasteiger partial charge in [-0.1, -0.05) is 0 Å². The van der Waals surface area contributed by atoms with Gasteiger partial charge in [-0.3, -0.25) is 0 Å². The standard InChI is InChI=1S/C40H44O15/c1-44-27-9-10-35(51-8)34(20-27)40(43)54-23-37(55-39(42)26-15-32(49-6)19-33(16-26)50-7)36(52-21-24-11-28(45-2)17-29(12-24)46-3)22-53-38(41)25-13-30(47-4)18-31(14-25)48-5/h9-20,36-37H,21-23H2,1-8H3. The molecular formula is C40H44O15. The summed E-state index contributed by atoms with van der Waals surface area (Å²) >= 11 is 0. The third kappa shape index (κ3) is 11.3. The summed E-state index contributed by atoms with van der Waals surface area (Å²) < 4.78 is 66.5. The van der Waals surface area contributed by atoms with Crippen molar-refractivity contribution in [2.45, 2.75) is 18.8 Å². The molecule has 2 atom stereocenters. The Hall–Kier alpha value is -6.35. The predicted octanol–water partition coefficient (Wildman–Crippen LogP) is 5.58. The van der Waals surface area contributed by atoms with Crippen LogP contribution in [0.3, 0.4) is 0 Å². The van der Waals surface area contributed by atoms with Crippen molar-refractivity contribution in [3.8, 4) is 46.0 Å². The zero-order valence-corrected chi connectivity index (χ0v) is 31.8. The van der Waals surface area contributed by atoms with Crippen molar-refractivity contribution in [2.24, 2.45) is 0 Å². The van der Waals surface area contributed by atoms with Crippen molar-refractivity contribution in [3.05, 3.63) is 95.1 Å². The molecule has 4 rings (SSSR count). The van der Waals surface area contributed by atoms with Gasteiger partial charge in [0, 0.05) is 18.2 Å². The average molecular weight is 765 g/mol. The molecule has 15 heteroatoms. The number of hydrogen-bond donors (Lipinski definition) is 0. The SMILES string of the molecule is COc1cc(COC(COC(=O)c2cc(OC)cc(OC)c2)C(COC(=O)c2cc(OC)ccc2OC)OC(=O)c2cc(OC)cc(OC)c2)cc(OC)c1. The van der Waals surface area contributed by atoms with Crippen molar-refractivity contribution >= 4 is 17.9 Å². The molecule has 0 heterocycles. The fourth-order valence-electron chi connectivity index (χ4n) is 5.14. The maximum absolute atomic E-state index is 13.8. The van der Waals surface area contributed by atoms with Gasteiger partial charge in [-0.15, -0.1) is 0 Å². The smallest absolute Gasteiger partial charge is 0.342 e. The molecule has 0 saturated heterocycles. The molecular weight excluding hydrogens is 720 g/mol. The lowest BCUT2D eigenvalue weighted by Gasteiger charge is -2.27. The van der Waals surface area contributed by atoms with E-state index in [1.54, 1.807) is 42.5 Å². The molecule has 0 N–H and O–H groups in total. The molecule has 0 aliphatic heterocycles. The first-order valence-electron chi connectivity index (χ1n) is 16.6. The van der Waals surface area contributed by atoms with E-state index in [-0.39, 0.29) is 29.0 Å². The monoisotopic (exact) mass is 764 g/mol. The largest absolute Gasteiger partial charge is 0.497 e. The Bertz CT molecular complexity index is 1860. The number of esters is 3. The summed E-state index contributed by atoms with van der Waals surface area (Å²) in [7, 11) is 11.6. The Kier molecular flexibility index (Phi) is 15.2. The van der Waals surface area contributed by atoms with E-state index in [1.165, 1.54) is 87.2 Å². The summed E-state index contributed by atoms with van der Waals surface area (Å²) in [4.78, 5) is 40.8. The first kappa shape index (κ1) is 41.4. The highest BCUT2D eigenvalue weighted by Crippen LogP contribution is 2.28. The Morgan fingerprint density at radius 2 is 0.891 bits per heavy atom. The second kappa shape index (κ2) is 20.2. The van der Waals surface area contributed by atoms with Crippen LogP contribution in [0, 0.1) is 0 Å². The van der Waals surface area contributed by atoms with Crippen LogP contribution >= 0.6 is 0 Å². The van der Waals surface area contributed by atoms with E-state index in [0.29, 0.717) is 45.8 Å². The van der Waals surface area contributed by atoms with Crippen LogP contribution in [-0.4, -0.2) is 100 Å². The third-order valence-electron chi connectivity index (χ3n) is 8.11. The van der Waals surface area contributed by atoms with Gasteiger partial charge in [0.25, 0.3) is 0 Å². The van der Waals surface area contributed by atoms with Gasteiger partial charge in [0.05, 0.1) is 74.6 Å². The summed E-state index contributed by atoms with van der Waals surface area (Å²) in [5.74, 6) is 0.475. The fourth-order valence-corrected chi connectivity index (χ4v) is 5.14. The number of benzene rings is 4. The highest BCUT2D eigenvalue weighted by Gasteiger charge is 2.32. The van der Waals surface area contributed by atoms with Crippen molar-refractivity contribution in [2.75, 3.05) is 70.1 Å². The maximum atomic E-state index is 13.8. The van der Waals surface area contributed by atoms with E-state index >= 15 is 0 Å². The van der Waals surface area contributed by atoms with Gasteiger partial charge in [0.1, 0.15) is 70.9 Å². The minimum absolute atomic E-state index is 0.0452. The van der Waals surface area contributed by atoms with Crippen LogP contribution < -0.4 is 37.9 Å². The van der Waals surface area contributed by atoms with E-state index < -0.39 is 43.3 Å². The van der Waals surface area contributed by atoms with Gasteiger partial charge >= 0.3 is 17.9 Å². The van der Waals surface area contributed by atoms with E-state index in [9.17, 15) is 14.4 Å². The lowest BCUT2D eigenvalue weighted by atomic mass is 10.1. The quantitative estimate of drug-likeness (QED) is 0.0809. The molecule has 4 aromatic rings. The first-order chi connectivity index (χ1) is 26.6. The molecule has 0 amide bonds. The second-order valence-electron chi connectivity index (χ2n) is 11.5. The molecule has 0 saturated carbocycles. The fraction of sp³-hybridized carbons (Fsp3) is 0.325. The molecule has 0 aliphatic carbocycles. The number of rotatable bonds is 20. The lowest BCUT2D eigenvalue weighted by molar-refractivity contribution is -0.0990. The minimum Gasteiger partial charge on any atom is -0.497 e. The Morgan fingerprint density at radius 1 is 0.455 bits per heavy atom. The van der Waals surface area contributed by atoms with Gasteiger partial charge < -0.3 is 56.8 Å². The number of carbonyl (C=O) groups excluding carboxylic acids is 3. The van der Waals surface area contributed by atoms with Crippen LogP contribution in [0.5, 0.6) is 46.0 Å². The van der Waals surface area contributed by atoms with Crippen LogP contribution in [0.25, 0.3) is 0 Å². The van der Waals surface area contributed by atoms with E-state index in [0.717, 1.165) is 0 Å². The molecule has 2 unspecified atom stereocenters. The van der Waals surface area contributed by atoms with E-state index in [4.69, 9.17) is 56.8 Å². The molecule has 55 heavy (non-hydrogen) atoms. The van der Waals surface area contributed by atoms with Crippen LogP contribution in [0.4, 0.5) is 0 Å². The van der Waals surface area contributed by atoms with Gasteiger partial charge in [0.15, 0.2) is 6.10 Å². The molecule has 0 bridgehead atoms. The topological polar surface area (TPSA) is 162 Å². The van der Waals surface area contributed by atoms with E-state index in [2.05, 4.69) is 0 Å². The zero-order valence-electron chi connectivity index (χ0n) is 31.8. The second-order valence-corrected chi connectivity index (χ2v) is 11.5. The molecule has 0 spiro atoms.